The summed E-state index contributed by atoms with van der Waals surface area (Å²) in [6.07, 6.45) is 0.0308. The number of hydrogen-bond donors (Lipinski definition) is 2. The van der Waals surface area contributed by atoms with E-state index in [1.807, 2.05) is 18.2 Å². The standard InChI is InChI=1S/C14H12ClNO2/c15-12-6-5-11(8-13(12)16)10-3-1-9(2-4-10)7-14(17)18/h1-6,8H,7,16H2,(H,17,18). The molecule has 4 heteroatoms. The van der Waals surface area contributed by atoms with Crippen LogP contribution < -0.4 is 5.73 Å². The van der Waals surface area contributed by atoms with E-state index in [-0.39, 0.29) is 6.42 Å². The minimum atomic E-state index is -0.835. The summed E-state index contributed by atoms with van der Waals surface area (Å²) in [5.41, 5.74) is 8.98. The molecule has 0 saturated carbocycles. The molecular weight excluding hydrogens is 250 g/mol. The highest BCUT2D eigenvalue weighted by Gasteiger charge is 2.03. The summed E-state index contributed by atoms with van der Waals surface area (Å²) in [5.74, 6) is -0.835. The van der Waals surface area contributed by atoms with Gasteiger partial charge < -0.3 is 10.8 Å². The van der Waals surface area contributed by atoms with Crippen molar-refractivity contribution < 1.29 is 9.90 Å². The van der Waals surface area contributed by atoms with Crippen molar-refractivity contribution in [2.75, 3.05) is 5.73 Å². The van der Waals surface area contributed by atoms with Gasteiger partial charge in [-0.25, -0.2) is 0 Å². The summed E-state index contributed by atoms with van der Waals surface area (Å²) < 4.78 is 0. The summed E-state index contributed by atoms with van der Waals surface area (Å²) in [7, 11) is 0. The molecule has 0 radical (unpaired) electrons. The molecule has 0 aromatic heterocycles. The van der Waals surface area contributed by atoms with Crippen LogP contribution in [0, 0.1) is 0 Å². The normalized spacial score (nSPS) is 10.3. The number of rotatable bonds is 3. The number of aliphatic carboxylic acids is 1. The Labute approximate surface area is 110 Å². The molecule has 0 bridgehead atoms. The number of carboxylic acid groups (broad SMARTS) is 1. The first-order valence-electron chi connectivity index (χ1n) is 5.42. The van der Waals surface area contributed by atoms with Gasteiger partial charge in [-0.15, -0.1) is 0 Å². The van der Waals surface area contributed by atoms with Crippen molar-refractivity contribution in [1.29, 1.82) is 0 Å². The summed E-state index contributed by atoms with van der Waals surface area (Å²) in [6.45, 7) is 0. The number of nitrogen functional groups attached to an aromatic ring is 1. The van der Waals surface area contributed by atoms with Crippen molar-refractivity contribution in [2.24, 2.45) is 0 Å². The topological polar surface area (TPSA) is 63.3 Å². The summed E-state index contributed by atoms with van der Waals surface area (Å²) >= 11 is 5.86. The highest BCUT2D eigenvalue weighted by molar-refractivity contribution is 6.33. The molecule has 3 nitrogen and oxygen atoms in total. The second kappa shape index (κ2) is 5.10. The van der Waals surface area contributed by atoms with E-state index in [9.17, 15) is 4.79 Å². The van der Waals surface area contributed by atoms with Gasteiger partial charge in [-0.2, -0.15) is 0 Å². The lowest BCUT2D eigenvalue weighted by Gasteiger charge is -2.05. The van der Waals surface area contributed by atoms with Gasteiger partial charge in [-0.1, -0.05) is 41.9 Å². The Morgan fingerprint density at radius 3 is 2.28 bits per heavy atom. The van der Waals surface area contributed by atoms with Crippen LogP contribution >= 0.6 is 11.6 Å². The van der Waals surface area contributed by atoms with Crippen LogP contribution in [0.1, 0.15) is 5.56 Å². The lowest BCUT2D eigenvalue weighted by atomic mass is 10.0. The van der Waals surface area contributed by atoms with Crippen molar-refractivity contribution in [2.45, 2.75) is 6.42 Å². The molecule has 3 N–H and O–H groups in total. The zero-order valence-electron chi connectivity index (χ0n) is 9.56. The molecule has 2 rings (SSSR count). The fourth-order valence-corrected chi connectivity index (χ4v) is 1.83. The minimum absolute atomic E-state index is 0.0308. The predicted molar refractivity (Wildman–Crippen MR) is 72.6 cm³/mol. The van der Waals surface area contributed by atoms with Gasteiger partial charge in [0.25, 0.3) is 0 Å². The van der Waals surface area contributed by atoms with Crippen molar-refractivity contribution >= 4 is 23.3 Å². The summed E-state index contributed by atoms with van der Waals surface area (Å²) in [6, 6.07) is 12.8. The third-order valence-electron chi connectivity index (χ3n) is 2.64. The van der Waals surface area contributed by atoms with Gasteiger partial charge in [0.1, 0.15) is 0 Å². The largest absolute Gasteiger partial charge is 0.481 e. The van der Waals surface area contributed by atoms with E-state index >= 15 is 0 Å². The molecule has 0 aliphatic rings. The monoisotopic (exact) mass is 261 g/mol. The van der Waals surface area contributed by atoms with Crippen molar-refractivity contribution in [3.63, 3.8) is 0 Å². The van der Waals surface area contributed by atoms with Gasteiger partial charge >= 0.3 is 5.97 Å². The Bertz CT molecular complexity index is 579. The number of halogens is 1. The number of benzene rings is 2. The van der Waals surface area contributed by atoms with E-state index < -0.39 is 5.97 Å². The van der Waals surface area contributed by atoms with Crippen LogP contribution in [-0.2, 0) is 11.2 Å². The molecule has 0 fully saturated rings. The number of anilines is 1. The zero-order valence-corrected chi connectivity index (χ0v) is 10.3. The Morgan fingerprint density at radius 1 is 1.11 bits per heavy atom. The molecule has 0 atom stereocenters. The van der Waals surface area contributed by atoms with E-state index in [4.69, 9.17) is 22.4 Å². The van der Waals surface area contributed by atoms with Gasteiger partial charge in [0, 0.05) is 0 Å². The van der Waals surface area contributed by atoms with Crippen LogP contribution in [0.5, 0.6) is 0 Å². The fourth-order valence-electron chi connectivity index (χ4n) is 1.71. The number of nitrogens with two attached hydrogens (primary N) is 1. The first-order chi connectivity index (χ1) is 8.56. The predicted octanol–water partition coefficient (Wildman–Crippen LogP) is 3.22. The molecule has 0 amide bonds. The molecule has 0 spiro atoms. The number of hydrogen-bond acceptors (Lipinski definition) is 2. The van der Waals surface area contributed by atoms with Crippen molar-refractivity contribution in [1.82, 2.24) is 0 Å². The van der Waals surface area contributed by atoms with Crippen LogP contribution in [0.3, 0.4) is 0 Å². The maximum Gasteiger partial charge on any atom is 0.307 e. The average Bonchev–Trinajstić information content (AvgIpc) is 2.33. The number of carboxylic acids is 1. The third-order valence-corrected chi connectivity index (χ3v) is 2.98. The van der Waals surface area contributed by atoms with Gasteiger partial charge in [-0.3, -0.25) is 4.79 Å². The molecular formula is C14H12ClNO2. The second-order valence-corrected chi connectivity index (χ2v) is 4.41. The first kappa shape index (κ1) is 12.5. The highest BCUT2D eigenvalue weighted by atomic mass is 35.5. The van der Waals surface area contributed by atoms with E-state index in [2.05, 4.69) is 0 Å². The van der Waals surface area contributed by atoms with Crippen LogP contribution in [-0.4, -0.2) is 11.1 Å². The van der Waals surface area contributed by atoms with E-state index in [1.165, 1.54) is 0 Å². The van der Waals surface area contributed by atoms with Crippen LogP contribution in [0.25, 0.3) is 11.1 Å². The molecule has 0 heterocycles. The van der Waals surface area contributed by atoms with E-state index in [0.29, 0.717) is 10.7 Å². The molecule has 2 aromatic carbocycles. The molecule has 2 aromatic rings. The molecule has 92 valence electrons. The van der Waals surface area contributed by atoms with Crippen molar-refractivity contribution in [3.8, 4) is 11.1 Å². The van der Waals surface area contributed by atoms with Crippen LogP contribution in [0.4, 0.5) is 5.69 Å². The maximum absolute atomic E-state index is 10.6. The van der Waals surface area contributed by atoms with E-state index in [0.717, 1.165) is 16.7 Å². The summed E-state index contributed by atoms with van der Waals surface area (Å²) in [5, 5.41) is 9.22. The lowest BCUT2D eigenvalue weighted by Crippen LogP contribution is -1.99. The Hall–Kier alpha value is -2.00. The third kappa shape index (κ3) is 2.81. The molecule has 18 heavy (non-hydrogen) atoms. The molecule has 0 aliphatic carbocycles. The molecule has 0 saturated heterocycles. The quantitative estimate of drug-likeness (QED) is 0.834. The lowest BCUT2D eigenvalue weighted by molar-refractivity contribution is -0.136. The second-order valence-electron chi connectivity index (χ2n) is 4.00. The Kier molecular flexibility index (Phi) is 3.53. The van der Waals surface area contributed by atoms with Crippen LogP contribution in [0.15, 0.2) is 42.5 Å². The van der Waals surface area contributed by atoms with Crippen LogP contribution in [0.2, 0.25) is 5.02 Å². The highest BCUT2D eigenvalue weighted by Crippen LogP contribution is 2.26. The van der Waals surface area contributed by atoms with E-state index in [1.54, 1.807) is 24.3 Å². The Balaban J connectivity index is 2.28. The summed E-state index contributed by atoms with van der Waals surface area (Å²) in [4.78, 5) is 10.6. The average molecular weight is 262 g/mol. The minimum Gasteiger partial charge on any atom is -0.481 e. The van der Waals surface area contributed by atoms with Gasteiger partial charge in [0.15, 0.2) is 0 Å². The smallest absolute Gasteiger partial charge is 0.307 e. The van der Waals surface area contributed by atoms with Gasteiger partial charge in [-0.05, 0) is 28.8 Å². The Morgan fingerprint density at radius 2 is 1.72 bits per heavy atom. The first-order valence-corrected chi connectivity index (χ1v) is 5.80. The molecule has 0 unspecified atom stereocenters. The fraction of sp³-hybridized carbons (Fsp3) is 0.0714. The maximum atomic E-state index is 10.6. The van der Waals surface area contributed by atoms with Gasteiger partial charge in [0.05, 0.1) is 17.1 Å². The molecule has 0 aliphatic heterocycles. The van der Waals surface area contributed by atoms with Crippen molar-refractivity contribution in [3.05, 3.63) is 53.1 Å². The van der Waals surface area contributed by atoms with Gasteiger partial charge in [0.2, 0.25) is 0 Å². The SMILES string of the molecule is Nc1cc(-c2ccc(CC(=O)O)cc2)ccc1Cl. The number of carbonyl (C=O) groups is 1. The zero-order chi connectivity index (χ0) is 13.1.